The van der Waals surface area contributed by atoms with E-state index in [0.29, 0.717) is 0 Å². The zero-order chi connectivity index (χ0) is 10.7. The molecule has 1 aromatic carbocycles. The molecule has 3 nitrogen and oxygen atoms in total. The van der Waals surface area contributed by atoms with Crippen molar-refractivity contribution in [3.63, 3.8) is 0 Å². The van der Waals surface area contributed by atoms with Crippen LogP contribution in [-0.4, -0.2) is 12.1 Å². The van der Waals surface area contributed by atoms with Crippen LogP contribution in [0, 0.1) is 11.3 Å². The van der Waals surface area contributed by atoms with E-state index in [2.05, 4.69) is 4.98 Å². The third-order valence-corrected chi connectivity index (χ3v) is 2.90. The molecule has 4 heteroatoms. The van der Waals surface area contributed by atoms with Crippen molar-refractivity contribution in [2.24, 2.45) is 0 Å². The van der Waals surface area contributed by atoms with Crippen LogP contribution in [0.1, 0.15) is 5.01 Å². The van der Waals surface area contributed by atoms with Crippen LogP contribution in [0.15, 0.2) is 24.3 Å². The van der Waals surface area contributed by atoms with Gasteiger partial charge in [-0.3, -0.25) is 0 Å². The zero-order valence-electron chi connectivity index (χ0n) is 8.10. The Morgan fingerprint density at radius 1 is 1.53 bits per heavy atom. The molecule has 0 saturated carbocycles. The molecule has 0 aliphatic rings. The Labute approximate surface area is 91.2 Å². The lowest BCUT2D eigenvalue weighted by Crippen LogP contribution is -1.80. The summed E-state index contributed by atoms with van der Waals surface area (Å²) in [5.41, 5.74) is 0.929. The van der Waals surface area contributed by atoms with Gasteiger partial charge in [-0.2, -0.15) is 5.26 Å². The number of allylic oxidation sites excluding steroid dienone is 1. The summed E-state index contributed by atoms with van der Waals surface area (Å²) in [5.74, 6) is 0.821. The molecule has 0 radical (unpaired) electrons. The Morgan fingerprint density at radius 3 is 3.13 bits per heavy atom. The highest BCUT2D eigenvalue weighted by Crippen LogP contribution is 2.26. The minimum absolute atomic E-state index is 0.821. The second-order valence-corrected chi connectivity index (χ2v) is 3.91. The van der Waals surface area contributed by atoms with E-state index in [1.807, 2.05) is 24.3 Å². The molecule has 0 spiro atoms. The monoisotopic (exact) mass is 216 g/mol. The Kier molecular flexibility index (Phi) is 2.66. The Morgan fingerprint density at radius 2 is 2.40 bits per heavy atom. The number of nitrogens with zero attached hydrogens (tertiary/aromatic N) is 2. The highest BCUT2D eigenvalue weighted by molar-refractivity contribution is 7.19. The van der Waals surface area contributed by atoms with E-state index in [0.717, 1.165) is 21.0 Å². The van der Waals surface area contributed by atoms with E-state index in [9.17, 15) is 0 Å². The Bertz CT molecular complexity index is 551. The van der Waals surface area contributed by atoms with Gasteiger partial charge in [-0.05, 0) is 24.3 Å². The van der Waals surface area contributed by atoms with E-state index < -0.39 is 0 Å². The van der Waals surface area contributed by atoms with Crippen molar-refractivity contribution < 1.29 is 4.74 Å². The molecule has 2 aromatic rings. The normalized spacial score (nSPS) is 10.7. The first-order valence-electron chi connectivity index (χ1n) is 4.34. The van der Waals surface area contributed by atoms with Crippen molar-refractivity contribution in [1.82, 2.24) is 4.98 Å². The third kappa shape index (κ3) is 1.97. The maximum atomic E-state index is 8.40. The molecule has 0 aliphatic heterocycles. The van der Waals surface area contributed by atoms with E-state index in [1.165, 1.54) is 17.4 Å². The fraction of sp³-hybridized carbons (Fsp3) is 0.0909. The molecule has 0 N–H and O–H groups in total. The molecule has 0 fully saturated rings. The third-order valence-electron chi connectivity index (χ3n) is 1.91. The van der Waals surface area contributed by atoms with Gasteiger partial charge in [-0.1, -0.05) is 0 Å². The minimum atomic E-state index is 0.821. The lowest BCUT2D eigenvalue weighted by Gasteiger charge is -1.96. The first kappa shape index (κ1) is 9.69. The molecule has 0 bridgehead atoms. The fourth-order valence-corrected chi connectivity index (χ4v) is 2.13. The Hall–Kier alpha value is -1.86. The van der Waals surface area contributed by atoms with Gasteiger partial charge in [0, 0.05) is 6.08 Å². The lowest BCUT2D eigenvalue weighted by atomic mass is 10.3. The summed E-state index contributed by atoms with van der Waals surface area (Å²) < 4.78 is 6.18. The predicted octanol–water partition coefficient (Wildman–Crippen LogP) is 2.84. The van der Waals surface area contributed by atoms with Crippen LogP contribution >= 0.6 is 11.3 Å². The van der Waals surface area contributed by atoms with Gasteiger partial charge in [0.2, 0.25) is 0 Å². The van der Waals surface area contributed by atoms with Gasteiger partial charge in [-0.15, -0.1) is 11.3 Å². The van der Waals surface area contributed by atoms with E-state index in [4.69, 9.17) is 10.00 Å². The van der Waals surface area contributed by atoms with Gasteiger partial charge in [-0.25, -0.2) is 4.98 Å². The maximum absolute atomic E-state index is 8.40. The molecular formula is C11H8N2OS. The van der Waals surface area contributed by atoms with Crippen molar-refractivity contribution >= 4 is 27.6 Å². The number of rotatable bonds is 2. The number of benzene rings is 1. The fourth-order valence-electron chi connectivity index (χ4n) is 1.23. The van der Waals surface area contributed by atoms with Crippen molar-refractivity contribution in [1.29, 1.82) is 5.26 Å². The summed E-state index contributed by atoms with van der Waals surface area (Å²) in [6, 6.07) is 7.67. The smallest absolute Gasteiger partial charge is 0.120 e. The molecule has 0 saturated heterocycles. The van der Waals surface area contributed by atoms with Gasteiger partial charge in [0.1, 0.15) is 10.8 Å². The highest BCUT2D eigenvalue weighted by atomic mass is 32.1. The average Bonchev–Trinajstić information content (AvgIpc) is 2.67. The molecule has 1 heterocycles. The van der Waals surface area contributed by atoms with Gasteiger partial charge >= 0.3 is 0 Å². The molecule has 0 unspecified atom stereocenters. The molecule has 74 valence electrons. The van der Waals surface area contributed by atoms with Crippen LogP contribution < -0.4 is 4.74 Å². The summed E-state index contributed by atoms with van der Waals surface area (Å²) >= 11 is 1.54. The molecule has 0 aliphatic carbocycles. The highest BCUT2D eigenvalue weighted by Gasteiger charge is 2.02. The van der Waals surface area contributed by atoms with Crippen molar-refractivity contribution in [2.75, 3.05) is 7.11 Å². The SMILES string of the molecule is COc1ccc2nc(C=CC#N)sc2c1. The van der Waals surface area contributed by atoms with Crippen LogP contribution in [0.2, 0.25) is 0 Å². The Balaban J connectivity index is 2.47. The van der Waals surface area contributed by atoms with Crippen LogP contribution in [0.5, 0.6) is 5.75 Å². The maximum Gasteiger partial charge on any atom is 0.120 e. The number of fused-ring (bicyclic) bond motifs is 1. The second-order valence-electron chi connectivity index (χ2n) is 2.85. The van der Waals surface area contributed by atoms with Gasteiger partial charge in [0.25, 0.3) is 0 Å². The second kappa shape index (κ2) is 4.11. The topological polar surface area (TPSA) is 45.9 Å². The zero-order valence-corrected chi connectivity index (χ0v) is 8.91. The first-order valence-corrected chi connectivity index (χ1v) is 5.16. The van der Waals surface area contributed by atoms with Gasteiger partial charge in [0.15, 0.2) is 0 Å². The molecule has 1 aromatic heterocycles. The minimum Gasteiger partial charge on any atom is -0.497 e. The number of thiazole rings is 1. The number of hydrogen-bond donors (Lipinski definition) is 0. The van der Waals surface area contributed by atoms with Crippen molar-refractivity contribution in [3.05, 3.63) is 29.3 Å². The van der Waals surface area contributed by atoms with Crippen molar-refractivity contribution in [3.8, 4) is 11.8 Å². The molecular weight excluding hydrogens is 208 g/mol. The number of methoxy groups -OCH3 is 1. The predicted molar refractivity (Wildman–Crippen MR) is 60.8 cm³/mol. The summed E-state index contributed by atoms with van der Waals surface area (Å²) in [7, 11) is 1.64. The van der Waals surface area contributed by atoms with Crippen LogP contribution in [0.3, 0.4) is 0 Å². The van der Waals surface area contributed by atoms with E-state index in [1.54, 1.807) is 13.2 Å². The van der Waals surface area contributed by atoms with Crippen LogP contribution in [-0.2, 0) is 0 Å². The average molecular weight is 216 g/mol. The summed E-state index contributed by atoms with van der Waals surface area (Å²) in [6.07, 6.45) is 3.13. The number of aromatic nitrogens is 1. The molecule has 15 heavy (non-hydrogen) atoms. The number of ether oxygens (including phenoxy) is 1. The van der Waals surface area contributed by atoms with Gasteiger partial charge in [0.05, 0.1) is 23.4 Å². The number of hydrogen-bond acceptors (Lipinski definition) is 4. The van der Waals surface area contributed by atoms with E-state index >= 15 is 0 Å². The molecule has 2 rings (SSSR count). The van der Waals surface area contributed by atoms with Gasteiger partial charge < -0.3 is 4.74 Å². The summed E-state index contributed by atoms with van der Waals surface area (Å²) in [6.45, 7) is 0. The molecule has 0 atom stereocenters. The quantitative estimate of drug-likeness (QED) is 0.725. The van der Waals surface area contributed by atoms with Crippen LogP contribution in [0.25, 0.3) is 16.3 Å². The standard InChI is InChI=1S/C11H8N2OS/c1-14-8-4-5-9-10(7-8)15-11(13-9)3-2-6-12/h2-5,7H,1H3. The largest absolute Gasteiger partial charge is 0.497 e. The lowest BCUT2D eigenvalue weighted by molar-refractivity contribution is 0.415. The summed E-state index contributed by atoms with van der Waals surface area (Å²) in [5, 5.41) is 9.24. The van der Waals surface area contributed by atoms with E-state index in [-0.39, 0.29) is 0 Å². The van der Waals surface area contributed by atoms with Crippen molar-refractivity contribution in [2.45, 2.75) is 0 Å². The molecule has 0 amide bonds. The first-order chi connectivity index (χ1) is 7.33. The summed E-state index contributed by atoms with van der Waals surface area (Å²) in [4.78, 5) is 4.35. The number of nitriles is 1. The van der Waals surface area contributed by atoms with Crippen LogP contribution in [0.4, 0.5) is 0 Å².